The van der Waals surface area contributed by atoms with Crippen LogP contribution < -0.4 is 0 Å². The van der Waals surface area contributed by atoms with Gasteiger partial charge in [-0.05, 0) is 48.0 Å². The van der Waals surface area contributed by atoms with E-state index < -0.39 is 21.5 Å². The van der Waals surface area contributed by atoms with Gasteiger partial charge in [0.15, 0.2) is 9.84 Å². The molecule has 142 valence electrons. The van der Waals surface area contributed by atoms with Crippen molar-refractivity contribution in [3.8, 4) is 26.7 Å². The highest BCUT2D eigenvalue weighted by atomic mass is 32.2. The number of nitrogens with zero attached hydrogens (tertiary/aromatic N) is 2. The summed E-state index contributed by atoms with van der Waals surface area (Å²) in [6.45, 7) is 0. The highest BCUT2D eigenvalue weighted by Gasteiger charge is 2.15. The second kappa shape index (κ2) is 6.96. The maximum absolute atomic E-state index is 14.2. The lowest BCUT2D eigenvalue weighted by Gasteiger charge is -2.07. The minimum absolute atomic E-state index is 0.0222. The van der Waals surface area contributed by atoms with Crippen LogP contribution >= 0.6 is 11.3 Å². The molecular formula is C20H14F2N2O2S2. The summed E-state index contributed by atoms with van der Waals surface area (Å²) in [6.07, 6.45) is 2.68. The van der Waals surface area contributed by atoms with Crippen LogP contribution in [0.25, 0.3) is 26.7 Å². The molecule has 4 aromatic rings. The van der Waals surface area contributed by atoms with E-state index in [0.29, 0.717) is 5.69 Å². The van der Waals surface area contributed by atoms with Gasteiger partial charge in [-0.25, -0.2) is 21.9 Å². The van der Waals surface area contributed by atoms with Crippen molar-refractivity contribution in [1.82, 2.24) is 9.78 Å². The molecule has 0 unspecified atom stereocenters. The maximum atomic E-state index is 14.2. The molecule has 0 saturated heterocycles. The highest BCUT2D eigenvalue weighted by molar-refractivity contribution is 7.90. The van der Waals surface area contributed by atoms with E-state index >= 15 is 0 Å². The van der Waals surface area contributed by atoms with Crippen molar-refractivity contribution in [2.24, 2.45) is 0 Å². The van der Waals surface area contributed by atoms with Crippen molar-refractivity contribution in [2.75, 3.05) is 6.26 Å². The van der Waals surface area contributed by atoms with Gasteiger partial charge < -0.3 is 0 Å². The van der Waals surface area contributed by atoms with Gasteiger partial charge in [0.1, 0.15) is 17.3 Å². The van der Waals surface area contributed by atoms with Gasteiger partial charge in [0, 0.05) is 17.2 Å². The number of thiophene rings is 1. The number of rotatable bonds is 4. The summed E-state index contributed by atoms with van der Waals surface area (Å²) in [6, 6.07) is 15.3. The SMILES string of the molecule is CS(=O)(=O)c1cccc(-c2ccc(-c3ccnn3-c3cc(F)ccc3F)s2)c1. The first kappa shape index (κ1) is 18.5. The fraction of sp³-hybridized carbons (Fsp3) is 0.0500. The monoisotopic (exact) mass is 416 g/mol. The quantitative estimate of drug-likeness (QED) is 0.473. The van der Waals surface area contributed by atoms with Crippen molar-refractivity contribution in [3.63, 3.8) is 0 Å². The number of hydrogen-bond acceptors (Lipinski definition) is 4. The van der Waals surface area contributed by atoms with E-state index in [4.69, 9.17) is 0 Å². The predicted molar refractivity (Wildman–Crippen MR) is 105 cm³/mol. The average Bonchev–Trinajstić information content (AvgIpc) is 3.32. The van der Waals surface area contributed by atoms with Crippen molar-refractivity contribution < 1.29 is 17.2 Å². The average molecular weight is 416 g/mol. The van der Waals surface area contributed by atoms with Crippen molar-refractivity contribution >= 4 is 21.2 Å². The van der Waals surface area contributed by atoms with Crippen LogP contribution in [0.4, 0.5) is 8.78 Å². The number of aromatic nitrogens is 2. The Kier molecular flexibility index (Phi) is 4.60. The third-order valence-electron chi connectivity index (χ3n) is 4.18. The second-order valence-corrected chi connectivity index (χ2v) is 9.29. The molecule has 0 amide bonds. The molecule has 0 N–H and O–H groups in total. The van der Waals surface area contributed by atoms with Crippen LogP contribution in [0.2, 0.25) is 0 Å². The van der Waals surface area contributed by atoms with Crippen LogP contribution in [0.1, 0.15) is 0 Å². The fourth-order valence-electron chi connectivity index (χ4n) is 2.84. The zero-order valence-electron chi connectivity index (χ0n) is 14.6. The lowest BCUT2D eigenvalue weighted by atomic mass is 10.2. The summed E-state index contributed by atoms with van der Waals surface area (Å²) < 4.78 is 52.7. The van der Waals surface area contributed by atoms with Gasteiger partial charge in [0.05, 0.1) is 21.7 Å². The van der Waals surface area contributed by atoms with Gasteiger partial charge >= 0.3 is 0 Å². The Morgan fingerprint density at radius 2 is 1.75 bits per heavy atom. The first-order valence-corrected chi connectivity index (χ1v) is 10.9. The van der Waals surface area contributed by atoms with Crippen LogP contribution in [0, 0.1) is 11.6 Å². The molecule has 0 saturated carbocycles. The third kappa shape index (κ3) is 3.48. The van der Waals surface area contributed by atoms with Gasteiger partial charge in [-0.15, -0.1) is 11.3 Å². The van der Waals surface area contributed by atoms with Gasteiger partial charge in [-0.3, -0.25) is 0 Å². The summed E-state index contributed by atoms with van der Waals surface area (Å²) in [4.78, 5) is 1.89. The number of sulfone groups is 1. The Hall–Kier alpha value is -2.84. The second-order valence-electron chi connectivity index (χ2n) is 6.19. The maximum Gasteiger partial charge on any atom is 0.175 e. The van der Waals surface area contributed by atoms with Crippen molar-refractivity contribution in [2.45, 2.75) is 4.90 Å². The van der Waals surface area contributed by atoms with E-state index in [0.717, 1.165) is 39.8 Å². The van der Waals surface area contributed by atoms with E-state index in [1.165, 1.54) is 22.2 Å². The van der Waals surface area contributed by atoms with Crippen LogP contribution in [-0.2, 0) is 9.84 Å². The Bertz CT molecular complexity index is 1280. The fourth-order valence-corrected chi connectivity index (χ4v) is 4.52. The zero-order valence-corrected chi connectivity index (χ0v) is 16.3. The molecule has 2 heterocycles. The molecule has 4 nitrogen and oxygen atoms in total. The minimum atomic E-state index is -3.31. The molecule has 2 aromatic carbocycles. The Labute approximate surface area is 164 Å². The standard InChI is InChI=1S/C20H14F2N2O2S2/c1-28(25,26)15-4-2-3-13(11-15)19-7-8-20(27-19)17-9-10-23-24(17)18-12-14(21)5-6-16(18)22/h2-12H,1H3. The number of benzene rings is 2. The lowest BCUT2D eigenvalue weighted by Crippen LogP contribution is -2.01. The molecule has 0 atom stereocenters. The Balaban J connectivity index is 1.76. The number of hydrogen-bond donors (Lipinski definition) is 0. The molecule has 0 aliphatic heterocycles. The molecular weight excluding hydrogens is 402 g/mol. The van der Waals surface area contributed by atoms with Crippen LogP contribution in [0.15, 0.2) is 71.8 Å². The Morgan fingerprint density at radius 3 is 2.54 bits per heavy atom. The number of halogens is 2. The normalized spacial score (nSPS) is 11.7. The molecule has 8 heteroatoms. The van der Waals surface area contributed by atoms with E-state index in [1.54, 1.807) is 24.3 Å². The molecule has 2 aromatic heterocycles. The molecule has 0 bridgehead atoms. The summed E-state index contributed by atoms with van der Waals surface area (Å²) >= 11 is 1.41. The van der Waals surface area contributed by atoms with E-state index in [9.17, 15) is 17.2 Å². The van der Waals surface area contributed by atoms with Gasteiger partial charge in [0.2, 0.25) is 0 Å². The minimum Gasteiger partial charge on any atom is -0.229 e. The molecule has 4 rings (SSSR count). The highest BCUT2D eigenvalue weighted by Crippen LogP contribution is 2.36. The van der Waals surface area contributed by atoms with E-state index in [-0.39, 0.29) is 10.6 Å². The van der Waals surface area contributed by atoms with Crippen LogP contribution in [-0.4, -0.2) is 24.5 Å². The molecule has 0 aliphatic rings. The summed E-state index contributed by atoms with van der Waals surface area (Å²) in [5.74, 6) is -1.13. The van der Waals surface area contributed by atoms with Crippen LogP contribution in [0.5, 0.6) is 0 Å². The summed E-state index contributed by atoms with van der Waals surface area (Å²) in [5.41, 5.74) is 1.40. The first-order valence-electron chi connectivity index (χ1n) is 8.23. The Morgan fingerprint density at radius 1 is 0.964 bits per heavy atom. The van der Waals surface area contributed by atoms with E-state index in [2.05, 4.69) is 5.10 Å². The van der Waals surface area contributed by atoms with Gasteiger partial charge in [-0.2, -0.15) is 5.10 Å². The van der Waals surface area contributed by atoms with Gasteiger partial charge in [-0.1, -0.05) is 12.1 Å². The summed E-state index contributed by atoms with van der Waals surface area (Å²) in [5, 5.41) is 4.13. The third-order valence-corrected chi connectivity index (χ3v) is 6.45. The molecule has 0 aliphatic carbocycles. The molecule has 0 radical (unpaired) electrons. The van der Waals surface area contributed by atoms with Crippen LogP contribution in [0.3, 0.4) is 0 Å². The molecule has 0 spiro atoms. The van der Waals surface area contributed by atoms with Crippen molar-refractivity contribution in [3.05, 3.63) is 78.5 Å². The topological polar surface area (TPSA) is 52.0 Å². The van der Waals surface area contributed by atoms with Crippen molar-refractivity contribution in [1.29, 1.82) is 0 Å². The zero-order chi connectivity index (χ0) is 19.9. The smallest absolute Gasteiger partial charge is 0.175 e. The van der Waals surface area contributed by atoms with Gasteiger partial charge in [0.25, 0.3) is 0 Å². The predicted octanol–water partition coefficient (Wildman–Crippen LogP) is 4.95. The lowest BCUT2D eigenvalue weighted by molar-refractivity contribution is 0.587. The molecule has 28 heavy (non-hydrogen) atoms. The first-order chi connectivity index (χ1) is 13.3. The van der Waals surface area contributed by atoms with E-state index in [1.807, 2.05) is 18.2 Å². The summed E-state index contributed by atoms with van der Waals surface area (Å²) in [7, 11) is -3.31. The largest absolute Gasteiger partial charge is 0.229 e. The molecule has 0 fully saturated rings.